The summed E-state index contributed by atoms with van der Waals surface area (Å²) in [4.78, 5) is 39.8. The van der Waals surface area contributed by atoms with Crippen molar-refractivity contribution >= 4 is 46.3 Å². The molecule has 2 rings (SSSR count). The number of benzene rings is 1. The van der Waals surface area contributed by atoms with Crippen molar-refractivity contribution < 1.29 is 9.59 Å². The smallest absolute Gasteiger partial charge is 0.270 e. The van der Waals surface area contributed by atoms with E-state index in [1.54, 1.807) is 38.2 Å². The molecule has 2 aromatic rings. The van der Waals surface area contributed by atoms with Crippen LogP contribution in [0.3, 0.4) is 0 Å². The first-order valence-corrected chi connectivity index (χ1v) is 12.5. The standard InChI is InChI=1S/C25H34N6O3S/c1-7-27-23(33)20(13-26)25-30(8-2)24(34)21(35-25)14-28-18-10-9-11-19(12-18)29-22(32)15-31(16(3)4)17(5)6/h9-12,14,16-17,28H,7-8,15H2,1-6H3,(H,27,33)(H,29,32)/b21-14+,25-20-. The quantitative estimate of drug-likeness (QED) is 0.458. The molecule has 0 radical (unpaired) electrons. The van der Waals surface area contributed by atoms with Gasteiger partial charge < -0.3 is 16.0 Å². The molecule has 3 N–H and O–H groups in total. The van der Waals surface area contributed by atoms with Gasteiger partial charge in [0.15, 0.2) is 5.57 Å². The lowest BCUT2D eigenvalue weighted by Gasteiger charge is -2.29. The zero-order chi connectivity index (χ0) is 26.1. The molecule has 0 fully saturated rings. The van der Waals surface area contributed by atoms with Crippen molar-refractivity contribution in [1.82, 2.24) is 14.8 Å². The maximum absolute atomic E-state index is 12.9. The van der Waals surface area contributed by atoms with E-state index in [9.17, 15) is 19.6 Å². The number of nitriles is 1. The van der Waals surface area contributed by atoms with Gasteiger partial charge >= 0.3 is 0 Å². The van der Waals surface area contributed by atoms with E-state index < -0.39 is 5.91 Å². The van der Waals surface area contributed by atoms with Crippen molar-refractivity contribution in [1.29, 1.82) is 5.26 Å². The molecule has 9 nitrogen and oxygen atoms in total. The van der Waals surface area contributed by atoms with Gasteiger partial charge in [0.1, 0.15) is 15.3 Å². The number of nitrogens with one attached hydrogen (secondary N) is 3. The molecule has 1 aromatic carbocycles. The van der Waals surface area contributed by atoms with Gasteiger partial charge in [0.2, 0.25) is 5.91 Å². The second kappa shape index (κ2) is 12.9. The lowest BCUT2D eigenvalue weighted by atomic mass is 10.2. The van der Waals surface area contributed by atoms with Crippen LogP contribution in [0.4, 0.5) is 11.4 Å². The normalized spacial score (nSPS) is 12.6. The fourth-order valence-corrected chi connectivity index (χ4v) is 4.69. The second-order valence-corrected chi connectivity index (χ2v) is 9.48. The molecule has 0 saturated heterocycles. The zero-order valence-electron chi connectivity index (χ0n) is 21.1. The van der Waals surface area contributed by atoms with Crippen molar-refractivity contribution in [2.45, 2.75) is 60.2 Å². The minimum atomic E-state index is -0.505. The largest absolute Gasteiger partial charge is 0.360 e. The van der Waals surface area contributed by atoms with Gasteiger partial charge in [0, 0.05) is 42.7 Å². The minimum absolute atomic E-state index is 0.0861. The highest BCUT2D eigenvalue weighted by molar-refractivity contribution is 7.07. The molecule has 1 aromatic heterocycles. The lowest BCUT2D eigenvalue weighted by molar-refractivity contribution is -0.118. The molecule has 0 saturated carbocycles. The fourth-order valence-electron chi connectivity index (χ4n) is 3.60. The Balaban J connectivity index is 2.30. The third-order valence-corrected chi connectivity index (χ3v) is 6.41. The zero-order valence-corrected chi connectivity index (χ0v) is 22.0. The average molecular weight is 499 g/mol. The minimum Gasteiger partial charge on any atom is -0.360 e. The van der Waals surface area contributed by atoms with Crippen LogP contribution in [0, 0.1) is 11.3 Å². The van der Waals surface area contributed by atoms with E-state index in [1.807, 2.05) is 12.1 Å². The molecule has 1 heterocycles. The number of hydrogen-bond donors (Lipinski definition) is 3. The topological polar surface area (TPSA) is 119 Å². The number of carbonyl (C=O) groups excluding carboxylic acids is 2. The monoisotopic (exact) mass is 498 g/mol. The number of aromatic nitrogens is 1. The van der Waals surface area contributed by atoms with Gasteiger partial charge in [-0.3, -0.25) is 23.9 Å². The summed E-state index contributed by atoms with van der Waals surface area (Å²) >= 11 is 1.08. The molecule has 0 spiro atoms. The molecule has 188 valence electrons. The Morgan fingerprint density at radius 2 is 1.83 bits per heavy atom. The number of hydrogen-bond acceptors (Lipinski definition) is 7. The first-order valence-electron chi connectivity index (χ1n) is 11.7. The Morgan fingerprint density at radius 1 is 1.17 bits per heavy atom. The summed E-state index contributed by atoms with van der Waals surface area (Å²) in [6, 6.07) is 9.61. The van der Waals surface area contributed by atoms with Gasteiger partial charge in [0.25, 0.3) is 11.5 Å². The van der Waals surface area contributed by atoms with Gasteiger partial charge in [-0.2, -0.15) is 5.26 Å². The van der Waals surface area contributed by atoms with Gasteiger partial charge in [-0.1, -0.05) is 6.07 Å². The van der Waals surface area contributed by atoms with E-state index in [1.165, 1.54) is 4.57 Å². The summed E-state index contributed by atoms with van der Waals surface area (Å²) < 4.78 is 2.09. The Morgan fingerprint density at radius 3 is 2.40 bits per heavy atom. The highest BCUT2D eigenvalue weighted by Crippen LogP contribution is 2.15. The summed E-state index contributed by atoms with van der Waals surface area (Å²) in [5.74, 6) is -0.609. The maximum Gasteiger partial charge on any atom is 0.270 e. The number of anilines is 2. The Hall–Kier alpha value is -3.42. The van der Waals surface area contributed by atoms with Crippen molar-refractivity contribution in [2.24, 2.45) is 0 Å². The van der Waals surface area contributed by atoms with Gasteiger partial charge in [0.05, 0.1) is 6.54 Å². The molecular weight excluding hydrogens is 464 g/mol. The van der Waals surface area contributed by atoms with Crippen LogP contribution in [0.5, 0.6) is 0 Å². The van der Waals surface area contributed by atoms with Crippen LogP contribution in [-0.2, 0) is 16.1 Å². The van der Waals surface area contributed by atoms with Crippen LogP contribution in [0.2, 0.25) is 0 Å². The van der Waals surface area contributed by atoms with Gasteiger partial charge in [-0.05, 0) is 59.7 Å². The molecule has 0 bridgehead atoms. The summed E-state index contributed by atoms with van der Waals surface area (Å²) in [5.41, 5.74) is 0.939. The van der Waals surface area contributed by atoms with Crippen LogP contribution in [-0.4, -0.2) is 46.5 Å². The summed E-state index contributed by atoms with van der Waals surface area (Å²) in [6.45, 7) is 12.8. The second-order valence-electron chi connectivity index (χ2n) is 8.44. The third kappa shape index (κ3) is 7.28. The predicted molar refractivity (Wildman–Crippen MR) is 141 cm³/mol. The van der Waals surface area contributed by atoms with E-state index in [0.717, 1.165) is 11.3 Å². The first-order chi connectivity index (χ1) is 16.6. The van der Waals surface area contributed by atoms with Crippen molar-refractivity contribution in [2.75, 3.05) is 23.7 Å². The van der Waals surface area contributed by atoms with E-state index in [4.69, 9.17) is 0 Å². The fraction of sp³-hybridized carbons (Fsp3) is 0.440. The first kappa shape index (κ1) is 27.8. The number of amides is 2. The Bertz CT molecular complexity index is 1260. The lowest BCUT2D eigenvalue weighted by Crippen LogP contribution is -2.42. The highest BCUT2D eigenvalue weighted by atomic mass is 32.1. The van der Waals surface area contributed by atoms with Crippen LogP contribution >= 0.6 is 11.3 Å². The highest BCUT2D eigenvalue weighted by Gasteiger charge is 2.17. The maximum atomic E-state index is 12.9. The number of nitrogens with zero attached hydrogens (tertiary/aromatic N) is 3. The molecule has 10 heteroatoms. The van der Waals surface area contributed by atoms with Crippen molar-refractivity contribution in [3.8, 4) is 6.07 Å². The van der Waals surface area contributed by atoms with Crippen LogP contribution < -0.4 is 30.7 Å². The molecule has 0 aliphatic rings. The van der Waals surface area contributed by atoms with E-state index in [-0.39, 0.29) is 35.7 Å². The molecule has 35 heavy (non-hydrogen) atoms. The van der Waals surface area contributed by atoms with Gasteiger partial charge in [-0.15, -0.1) is 11.3 Å². The predicted octanol–water partition coefficient (Wildman–Crippen LogP) is 1.65. The molecule has 0 atom stereocenters. The van der Waals surface area contributed by atoms with E-state index in [2.05, 4.69) is 48.5 Å². The Labute approximate surface area is 209 Å². The molecule has 0 aliphatic heterocycles. The molecule has 0 unspecified atom stereocenters. The van der Waals surface area contributed by atoms with Crippen molar-refractivity contribution in [3.05, 3.63) is 43.8 Å². The van der Waals surface area contributed by atoms with Gasteiger partial charge in [-0.25, -0.2) is 0 Å². The molecule has 2 amide bonds. The number of rotatable bonds is 10. The SMILES string of the molecule is CCNC(=O)/C(C#N)=c1\s/c(=C/Nc2cccc(NC(=O)CN(C(C)C)C(C)C)c2)c(=O)n1CC. The third-order valence-electron chi connectivity index (χ3n) is 5.28. The summed E-state index contributed by atoms with van der Waals surface area (Å²) in [6.07, 6.45) is 1.55. The average Bonchev–Trinajstić information content (AvgIpc) is 3.11. The van der Waals surface area contributed by atoms with Crippen LogP contribution in [0.1, 0.15) is 41.5 Å². The summed E-state index contributed by atoms with van der Waals surface area (Å²) in [5, 5.41) is 18.1. The van der Waals surface area contributed by atoms with E-state index >= 15 is 0 Å². The Kier molecular flexibility index (Phi) is 10.2. The van der Waals surface area contributed by atoms with Crippen LogP contribution in [0.25, 0.3) is 11.8 Å². The summed E-state index contributed by atoms with van der Waals surface area (Å²) in [7, 11) is 0. The van der Waals surface area contributed by atoms with E-state index in [0.29, 0.717) is 33.7 Å². The molecule has 0 aliphatic carbocycles. The molecular formula is C25H34N6O3S. The van der Waals surface area contributed by atoms with Crippen LogP contribution in [0.15, 0.2) is 29.1 Å². The number of carbonyl (C=O) groups is 2. The van der Waals surface area contributed by atoms with Crippen molar-refractivity contribution in [3.63, 3.8) is 0 Å². The number of thiazole rings is 1.